The second-order valence-corrected chi connectivity index (χ2v) is 4.90. The highest BCUT2D eigenvalue weighted by atomic mass is 16.2. The summed E-state index contributed by atoms with van der Waals surface area (Å²) in [7, 11) is 0. The predicted molar refractivity (Wildman–Crippen MR) is 85.8 cm³/mol. The molecule has 3 rings (SSSR count). The molecule has 0 unspecified atom stereocenters. The summed E-state index contributed by atoms with van der Waals surface area (Å²) in [4.78, 5) is 24.4. The summed E-state index contributed by atoms with van der Waals surface area (Å²) in [6.45, 7) is -0.219. The smallest absolute Gasteiger partial charge is 0.275 e. The van der Waals surface area contributed by atoms with Gasteiger partial charge < -0.3 is 5.32 Å². The average Bonchev–Trinajstić information content (AvgIpc) is 2.58. The molecule has 1 heterocycles. The Hall–Kier alpha value is -3.46. The van der Waals surface area contributed by atoms with Crippen molar-refractivity contribution in [3.63, 3.8) is 0 Å². The van der Waals surface area contributed by atoms with E-state index in [-0.39, 0.29) is 12.1 Å². The van der Waals surface area contributed by atoms with E-state index in [0.29, 0.717) is 16.6 Å². The van der Waals surface area contributed by atoms with Crippen LogP contribution in [0.2, 0.25) is 0 Å². The molecule has 112 valence electrons. The summed E-state index contributed by atoms with van der Waals surface area (Å²) in [6, 6.07) is 15.7. The summed E-state index contributed by atoms with van der Waals surface area (Å²) in [5, 5.41) is 16.9. The lowest BCUT2D eigenvalue weighted by Crippen LogP contribution is -2.29. The first-order valence-electron chi connectivity index (χ1n) is 6.93. The molecule has 0 saturated carbocycles. The molecular formula is C17H12N4O2. The molecule has 0 atom stereocenters. The van der Waals surface area contributed by atoms with Crippen LogP contribution >= 0.6 is 0 Å². The van der Waals surface area contributed by atoms with Crippen molar-refractivity contribution in [2.75, 3.05) is 5.32 Å². The highest BCUT2D eigenvalue weighted by Gasteiger charge is 2.10. The fourth-order valence-corrected chi connectivity index (χ4v) is 2.26. The minimum atomic E-state index is -0.419. The minimum Gasteiger partial charge on any atom is -0.323 e. The summed E-state index contributed by atoms with van der Waals surface area (Å²) in [6.07, 6.45) is 1.55. The second-order valence-electron chi connectivity index (χ2n) is 4.90. The molecular weight excluding hydrogens is 292 g/mol. The maximum Gasteiger partial charge on any atom is 0.275 e. The molecule has 23 heavy (non-hydrogen) atoms. The number of carbonyl (C=O) groups is 1. The Kier molecular flexibility index (Phi) is 3.85. The van der Waals surface area contributed by atoms with E-state index < -0.39 is 5.91 Å². The molecule has 1 N–H and O–H groups in total. The molecule has 0 bridgehead atoms. The van der Waals surface area contributed by atoms with Gasteiger partial charge in [0.25, 0.3) is 5.56 Å². The van der Waals surface area contributed by atoms with Crippen LogP contribution in [0.5, 0.6) is 0 Å². The lowest BCUT2D eigenvalue weighted by molar-refractivity contribution is -0.117. The number of nitriles is 1. The van der Waals surface area contributed by atoms with Crippen LogP contribution in [-0.4, -0.2) is 15.7 Å². The van der Waals surface area contributed by atoms with Crippen LogP contribution in [0.3, 0.4) is 0 Å². The Morgan fingerprint density at radius 3 is 2.74 bits per heavy atom. The van der Waals surface area contributed by atoms with E-state index in [2.05, 4.69) is 10.4 Å². The van der Waals surface area contributed by atoms with Crippen molar-refractivity contribution in [3.8, 4) is 6.07 Å². The quantitative estimate of drug-likeness (QED) is 0.800. The molecule has 0 radical (unpaired) electrons. The van der Waals surface area contributed by atoms with Crippen molar-refractivity contribution in [3.05, 3.63) is 70.6 Å². The Bertz CT molecular complexity index is 986. The first-order valence-corrected chi connectivity index (χ1v) is 6.93. The van der Waals surface area contributed by atoms with E-state index >= 15 is 0 Å². The number of benzene rings is 2. The van der Waals surface area contributed by atoms with Crippen LogP contribution in [-0.2, 0) is 11.3 Å². The average molecular weight is 304 g/mol. The summed E-state index contributed by atoms with van der Waals surface area (Å²) >= 11 is 0. The zero-order chi connectivity index (χ0) is 16.2. The maximum atomic E-state index is 12.3. The molecule has 0 aliphatic rings. The van der Waals surface area contributed by atoms with Gasteiger partial charge in [-0.3, -0.25) is 9.59 Å². The third kappa shape index (κ3) is 2.94. The number of anilines is 1. The molecule has 1 aromatic heterocycles. The van der Waals surface area contributed by atoms with Gasteiger partial charge in [-0.1, -0.05) is 30.3 Å². The Labute approximate surface area is 131 Å². The Balaban J connectivity index is 1.85. The fourth-order valence-electron chi connectivity index (χ4n) is 2.26. The molecule has 0 spiro atoms. The summed E-state index contributed by atoms with van der Waals surface area (Å²) in [5.41, 5.74) is 0.445. The van der Waals surface area contributed by atoms with E-state index in [1.54, 1.807) is 48.7 Å². The van der Waals surface area contributed by atoms with Crippen molar-refractivity contribution in [2.24, 2.45) is 0 Å². The lowest BCUT2D eigenvalue weighted by atomic mass is 10.2. The van der Waals surface area contributed by atoms with Crippen molar-refractivity contribution in [1.82, 2.24) is 9.78 Å². The molecule has 0 aliphatic heterocycles. The van der Waals surface area contributed by atoms with Crippen molar-refractivity contribution >= 4 is 22.4 Å². The molecule has 0 fully saturated rings. The van der Waals surface area contributed by atoms with Gasteiger partial charge in [0.15, 0.2) is 0 Å². The van der Waals surface area contributed by atoms with E-state index in [0.717, 1.165) is 10.1 Å². The Morgan fingerprint density at radius 2 is 1.91 bits per heavy atom. The van der Waals surface area contributed by atoms with Crippen LogP contribution in [0.15, 0.2) is 59.5 Å². The molecule has 3 aromatic rings. The molecule has 0 saturated heterocycles. The van der Waals surface area contributed by atoms with E-state index in [1.807, 2.05) is 12.1 Å². The number of hydrogen-bond acceptors (Lipinski definition) is 4. The lowest BCUT2D eigenvalue weighted by Gasteiger charge is -2.08. The van der Waals surface area contributed by atoms with Crippen LogP contribution in [0, 0.1) is 11.3 Å². The van der Waals surface area contributed by atoms with Gasteiger partial charge in [-0.05, 0) is 18.2 Å². The number of nitrogens with zero attached hydrogens (tertiary/aromatic N) is 3. The highest BCUT2D eigenvalue weighted by molar-refractivity contribution is 5.92. The van der Waals surface area contributed by atoms with Gasteiger partial charge in [0, 0.05) is 5.39 Å². The van der Waals surface area contributed by atoms with Gasteiger partial charge in [0.1, 0.15) is 12.6 Å². The number of fused-ring (bicyclic) bond motifs is 1. The third-order valence-electron chi connectivity index (χ3n) is 3.38. The zero-order valence-corrected chi connectivity index (χ0v) is 12.1. The number of hydrogen-bond donors (Lipinski definition) is 1. The van der Waals surface area contributed by atoms with E-state index in [1.165, 1.54) is 0 Å². The SMILES string of the molecule is N#Cc1ccccc1NC(=O)Cn1ncc2ccccc2c1=O. The molecule has 2 aromatic carbocycles. The largest absolute Gasteiger partial charge is 0.323 e. The number of aromatic nitrogens is 2. The fraction of sp³-hybridized carbons (Fsp3) is 0.0588. The number of rotatable bonds is 3. The summed E-state index contributed by atoms with van der Waals surface area (Å²) < 4.78 is 1.10. The van der Waals surface area contributed by atoms with E-state index in [9.17, 15) is 9.59 Å². The van der Waals surface area contributed by atoms with Crippen molar-refractivity contribution in [2.45, 2.75) is 6.54 Å². The highest BCUT2D eigenvalue weighted by Crippen LogP contribution is 2.13. The molecule has 0 aliphatic carbocycles. The number of carbonyl (C=O) groups excluding carboxylic acids is 1. The molecule has 6 heteroatoms. The van der Waals surface area contributed by atoms with Crippen molar-refractivity contribution < 1.29 is 4.79 Å². The predicted octanol–water partition coefficient (Wildman–Crippen LogP) is 1.91. The topological polar surface area (TPSA) is 87.8 Å². The first-order chi connectivity index (χ1) is 11.2. The number of nitrogens with one attached hydrogen (secondary N) is 1. The van der Waals surface area contributed by atoms with Crippen molar-refractivity contribution in [1.29, 1.82) is 5.26 Å². The monoisotopic (exact) mass is 304 g/mol. The van der Waals surface area contributed by atoms with Crippen LogP contribution in [0.1, 0.15) is 5.56 Å². The van der Waals surface area contributed by atoms with Gasteiger partial charge in [-0.15, -0.1) is 0 Å². The minimum absolute atomic E-state index is 0.219. The van der Waals surface area contributed by atoms with Crippen LogP contribution in [0.4, 0.5) is 5.69 Å². The number of para-hydroxylation sites is 1. The zero-order valence-electron chi connectivity index (χ0n) is 12.1. The van der Waals surface area contributed by atoms with Crippen LogP contribution in [0.25, 0.3) is 10.8 Å². The molecule has 1 amide bonds. The van der Waals surface area contributed by atoms with Crippen LogP contribution < -0.4 is 10.9 Å². The third-order valence-corrected chi connectivity index (χ3v) is 3.38. The Morgan fingerprint density at radius 1 is 1.17 bits per heavy atom. The standard InChI is InChI=1S/C17H12N4O2/c18-9-12-5-2-4-8-15(12)20-16(22)11-21-17(23)14-7-3-1-6-13(14)10-19-21/h1-8,10H,11H2,(H,20,22). The van der Waals surface area contributed by atoms with E-state index in [4.69, 9.17) is 5.26 Å². The normalized spacial score (nSPS) is 10.2. The number of amides is 1. The van der Waals surface area contributed by atoms with Gasteiger partial charge in [0.05, 0.1) is 22.8 Å². The van der Waals surface area contributed by atoms with Gasteiger partial charge in [-0.2, -0.15) is 10.4 Å². The first kappa shape index (κ1) is 14.5. The summed E-state index contributed by atoms with van der Waals surface area (Å²) in [5.74, 6) is -0.419. The maximum absolute atomic E-state index is 12.3. The second kappa shape index (κ2) is 6.12. The van der Waals surface area contributed by atoms with Gasteiger partial charge in [-0.25, -0.2) is 4.68 Å². The van der Waals surface area contributed by atoms with Gasteiger partial charge >= 0.3 is 0 Å². The van der Waals surface area contributed by atoms with Gasteiger partial charge in [0.2, 0.25) is 5.91 Å². The molecule has 6 nitrogen and oxygen atoms in total.